The van der Waals surface area contributed by atoms with E-state index in [-0.39, 0.29) is 11.3 Å². The Morgan fingerprint density at radius 2 is 2.05 bits per heavy atom. The first-order valence-electron chi connectivity index (χ1n) is 8.93. The molecule has 0 aromatic heterocycles. The highest BCUT2D eigenvalue weighted by Crippen LogP contribution is 2.62. The van der Waals surface area contributed by atoms with Crippen LogP contribution in [0.1, 0.15) is 66.2 Å². The number of rotatable bonds is 2. The standard InChI is InChI=1S/C20H30O2/c1-13(2)14-6-8-16-15(12-14)7-9-17-19(16,3)10-5-11-20(17,4)18(21)22/h7,12-13,16-17H,5-6,8-11H2,1-4H3,(H,21,22)/t16-,17+,19-,20-/m1/s1. The van der Waals surface area contributed by atoms with E-state index in [2.05, 4.69) is 32.9 Å². The van der Waals surface area contributed by atoms with E-state index < -0.39 is 11.4 Å². The summed E-state index contributed by atoms with van der Waals surface area (Å²) in [4.78, 5) is 11.9. The van der Waals surface area contributed by atoms with Crippen LogP contribution < -0.4 is 0 Å². The van der Waals surface area contributed by atoms with Crippen LogP contribution in [-0.2, 0) is 4.79 Å². The molecule has 3 rings (SSSR count). The Morgan fingerprint density at radius 3 is 2.68 bits per heavy atom. The van der Waals surface area contributed by atoms with Gasteiger partial charge < -0.3 is 5.11 Å². The molecule has 0 saturated heterocycles. The van der Waals surface area contributed by atoms with Crippen LogP contribution in [0.3, 0.4) is 0 Å². The Bertz CT molecular complexity index is 542. The van der Waals surface area contributed by atoms with Gasteiger partial charge in [-0.1, -0.05) is 44.9 Å². The Hall–Kier alpha value is -1.05. The van der Waals surface area contributed by atoms with Crippen molar-refractivity contribution in [1.29, 1.82) is 0 Å². The summed E-state index contributed by atoms with van der Waals surface area (Å²) < 4.78 is 0. The monoisotopic (exact) mass is 302 g/mol. The molecule has 0 aromatic carbocycles. The van der Waals surface area contributed by atoms with Crippen molar-refractivity contribution in [3.05, 3.63) is 23.3 Å². The number of hydrogen-bond acceptors (Lipinski definition) is 1. The molecule has 1 saturated carbocycles. The molecule has 0 heterocycles. The van der Waals surface area contributed by atoms with Gasteiger partial charge in [0.15, 0.2) is 0 Å². The van der Waals surface area contributed by atoms with Crippen LogP contribution in [0.4, 0.5) is 0 Å². The molecule has 1 N–H and O–H groups in total. The maximum absolute atomic E-state index is 11.9. The normalized spacial score (nSPS) is 41.3. The summed E-state index contributed by atoms with van der Waals surface area (Å²) in [5.74, 6) is 0.888. The molecule has 1 fully saturated rings. The second-order valence-electron chi connectivity index (χ2n) is 8.54. The van der Waals surface area contributed by atoms with E-state index in [0.29, 0.717) is 11.8 Å². The van der Waals surface area contributed by atoms with Gasteiger partial charge in [-0.05, 0) is 67.8 Å². The first-order valence-corrected chi connectivity index (χ1v) is 8.93. The molecule has 22 heavy (non-hydrogen) atoms. The molecule has 0 unspecified atom stereocenters. The molecule has 0 radical (unpaired) electrons. The topological polar surface area (TPSA) is 37.3 Å². The van der Waals surface area contributed by atoms with Crippen LogP contribution in [0.2, 0.25) is 0 Å². The predicted octanol–water partition coefficient (Wildman–Crippen LogP) is 5.21. The number of fused-ring (bicyclic) bond motifs is 3. The highest BCUT2D eigenvalue weighted by atomic mass is 16.4. The van der Waals surface area contributed by atoms with Crippen LogP contribution in [0.15, 0.2) is 23.3 Å². The zero-order valence-electron chi connectivity index (χ0n) is 14.5. The van der Waals surface area contributed by atoms with Gasteiger partial charge in [-0.2, -0.15) is 0 Å². The van der Waals surface area contributed by atoms with E-state index in [0.717, 1.165) is 19.3 Å². The molecule has 2 nitrogen and oxygen atoms in total. The van der Waals surface area contributed by atoms with Gasteiger partial charge in [0, 0.05) is 0 Å². The van der Waals surface area contributed by atoms with Gasteiger partial charge >= 0.3 is 5.97 Å². The Kier molecular flexibility index (Phi) is 3.78. The second kappa shape index (κ2) is 5.25. The summed E-state index contributed by atoms with van der Waals surface area (Å²) >= 11 is 0. The van der Waals surface area contributed by atoms with Gasteiger partial charge in [0.05, 0.1) is 5.41 Å². The molecule has 2 heteroatoms. The molecule has 4 atom stereocenters. The molecule has 3 aliphatic rings. The van der Waals surface area contributed by atoms with Crippen LogP contribution in [-0.4, -0.2) is 11.1 Å². The fourth-order valence-corrected chi connectivity index (χ4v) is 5.60. The lowest BCUT2D eigenvalue weighted by Gasteiger charge is -2.57. The van der Waals surface area contributed by atoms with Crippen molar-refractivity contribution in [2.45, 2.75) is 66.2 Å². The quantitative estimate of drug-likeness (QED) is 0.760. The fraction of sp³-hybridized carbons (Fsp3) is 0.750. The van der Waals surface area contributed by atoms with Gasteiger partial charge in [-0.3, -0.25) is 4.79 Å². The summed E-state index contributed by atoms with van der Waals surface area (Å²) in [6.45, 7) is 8.93. The molecule has 0 aliphatic heterocycles. The minimum atomic E-state index is -0.588. The third-order valence-corrected chi connectivity index (χ3v) is 7.07. The van der Waals surface area contributed by atoms with Gasteiger partial charge in [-0.25, -0.2) is 0 Å². The van der Waals surface area contributed by atoms with Gasteiger partial charge in [0.2, 0.25) is 0 Å². The highest BCUT2D eigenvalue weighted by molar-refractivity contribution is 5.75. The number of allylic oxidation sites excluding steroid dienone is 4. The van der Waals surface area contributed by atoms with E-state index in [1.54, 1.807) is 5.57 Å². The van der Waals surface area contributed by atoms with Gasteiger partial charge in [0.1, 0.15) is 0 Å². The number of carboxylic acids is 1. The average Bonchev–Trinajstić information content (AvgIpc) is 2.46. The first-order chi connectivity index (χ1) is 10.3. The summed E-state index contributed by atoms with van der Waals surface area (Å²) in [6.07, 6.45) is 11.2. The number of carboxylic acid groups (broad SMARTS) is 1. The van der Waals surface area contributed by atoms with E-state index in [1.165, 1.54) is 24.8 Å². The zero-order valence-corrected chi connectivity index (χ0v) is 14.5. The van der Waals surface area contributed by atoms with Crippen molar-refractivity contribution in [2.24, 2.45) is 28.6 Å². The zero-order chi connectivity index (χ0) is 16.1. The lowest BCUT2D eigenvalue weighted by Crippen LogP contribution is -2.53. The molecular formula is C20H30O2. The van der Waals surface area contributed by atoms with Gasteiger partial charge in [0.25, 0.3) is 0 Å². The van der Waals surface area contributed by atoms with E-state index in [4.69, 9.17) is 0 Å². The van der Waals surface area contributed by atoms with E-state index in [9.17, 15) is 9.90 Å². The molecule has 0 spiro atoms. The number of hydrogen-bond donors (Lipinski definition) is 1. The number of carbonyl (C=O) groups is 1. The van der Waals surface area contributed by atoms with E-state index in [1.807, 2.05) is 6.92 Å². The van der Waals surface area contributed by atoms with E-state index >= 15 is 0 Å². The fourth-order valence-electron chi connectivity index (χ4n) is 5.60. The first kappa shape index (κ1) is 15.8. The summed E-state index contributed by atoms with van der Waals surface area (Å²) in [5.41, 5.74) is 2.69. The average molecular weight is 302 g/mol. The summed E-state index contributed by atoms with van der Waals surface area (Å²) in [6, 6.07) is 0. The van der Waals surface area contributed by atoms with Crippen molar-refractivity contribution in [2.75, 3.05) is 0 Å². The lowest BCUT2D eigenvalue weighted by molar-refractivity contribution is -0.162. The third-order valence-electron chi connectivity index (χ3n) is 7.07. The smallest absolute Gasteiger partial charge is 0.309 e. The van der Waals surface area contributed by atoms with Crippen molar-refractivity contribution in [3.63, 3.8) is 0 Å². The molecule has 0 bridgehead atoms. The summed E-state index contributed by atoms with van der Waals surface area (Å²) in [7, 11) is 0. The van der Waals surface area contributed by atoms with Crippen molar-refractivity contribution in [3.8, 4) is 0 Å². The molecule has 0 amide bonds. The highest BCUT2D eigenvalue weighted by Gasteiger charge is 2.57. The predicted molar refractivity (Wildman–Crippen MR) is 89.5 cm³/mol. The molecule has 122 valence electrons. The van der Waals surface area contributed by atoms with Crippen molar-refractivity contribution >= 4 is 5.97 Å². The largest absolute Gasteiger partial charge is 0.481 e. The lowest BCUT2D eigenvalue weighted by atomic mass is 9.47. The Morgan fingerprint density at radius 1 is 1.32 bits per heavy atom. The van der Waals surface area contributed by atoms with Gasteiger partial charge in [-0.15, -0.1) is 0 Å². The maximum Gasteiger partial charge on any atom is 0.309 e. The number of aliphatic carboxylic acids is 1. The Balaban J connectivity index is 2.00. The minimum absolute atomic E-state index is 0.161. The van der Waals surface area contributed by atoms with Crippen molar-refractivity contribution < 1.29 is 9.90 Å². The van der Waals surface area contributed by atoms with Crippen LogP contribution in [0.25, 0.3) is 0 Å². The SMILES string of the molecule is CC(C)C1=CC2=CC[C@H]3[C@](C)(CCC[C@@]3(C)C(=O)O)[C@@H]2CC1. The molecule has 0 aromatic rings. The molecular weight excluding hydrogens is 272 g/mol. The maximum atomic E-state index is 11.9. The minimum Gasteiger partial charge on any atom is -0.481 e. The van der Waals surface area contributed by atoms with Crippen LogP contribution >= 0.6 is 0 Å². The van der Waals surface area contributed by atoms with Crippen LogP contribution in [0, 0.1) is 28.6 Å². The Labute approximate surface area is 134 Å². The second-order valence-corrected chi connectivity index (χ2v) is 8.54. The molecule has 3 aliphatic carbocycles. The van der Waals surface area contributed by atoms with Crippen LogP contribution in [0.5, 0.6) is 0 Å². The summed E-state index contributed by atoms with van der Waals surface area (Å²) in [5, 5.41) is 9.83. The third kappa shape index (κ3) is 2.18. The van der Waals surface area contributed by atoms with Crippen molar-refractivity contribution in [1.82, 2.24) is 0 Å².